The topological polar surface area (TPSA) is 81.2 Å². The normalized spacial score (nSPS) is 20.6. The standard InChI is InChI=1S/C16H19N3O2/c1-9(2)14-8-13(19-21-14)16(20)18-12-7-10-5-3-4-6-11(10)15(12)17/h3-6,8-9,12,15H,7,17H2,1-2H3,(H,18,20)/t12-,15-/m0/s1. The van der Waals surface area contributed by atoms with E-state index in [-0.39, 0.29) is 23.9 Å². The van der Waals surface area contributed by atoms with Crippen molar-refractivity contribution in [1.82, 2.24) is 10.5 Å². The van der Waals surface area contributed by atoms with Crippen molar-refractivity contribution in [3.63, 3.8) is 0 Å². The Hall–Kier alpha value is -2.14. The molecule has 0 saturated heterocycles. The summed E-state index contributed by atoms with van der Waals surface area (Å²) in [4.78, 5) is 12.2. The van der Waals surface area contributed by atoms with Gasteiger partial charge in [0.2, 0.25) is 0 Å². The Morgan fingerprint density at radius 2 is 2.19 bits per heavy atom. The molecule has 21 heavy (non-hydrogen) atoms. The molecule has 1 heterocycles. The van der Waals surface area contributed by atoms with Gasteiger partial charge in [0.1, 0.15) is 5.76 Å². The van der Waals surface area contributed by atoms with Crippen LogP contribution in [0.1, 0.15) is 53.2 Å². The zero-order valence-electron chi connectivity index (χ0n) is 12.2. The minimum absolute atomic E-state index is 0.103. The highest BCUT2D eigenvalue weighted by molar-refractivity contribution is 5.92. The fourth-order valence-corrected chi connectivity index (χ4v) is 2.68. The van der Waals surface area contributed by atoms with Crippen LogP contribution >= 0.6 is 0 Å². The predicted octanol–water partition coefficient (Wildman–Crippen LogP) is 2.15. The van der Waals surface area contributed by atoms with Gasteiger partial charge in [-0.05, 0) is 17.5 Å². The number of fused-ring (bicyclic) bond motifs is 1. The van der Waals surface area contributed by atoms with Gasteiger partial charge in [-0.2, -0.15) is 0 Å². The summed E-state index contributed by atoms with van der Waals surface area (Å²) >= 11 is 0. The molecule has 5 heteroatoms. The number of hydrogen-bond donors (Lipinski definition) is 2. The lowest BCUT2D eigenvalue weighted by atomic mass is 10.1. The third kappa shape index (κ3) is 2.56. The largest absolute Gasteiger partial charge is 0.360 e. The quantitative estimate of drug-likeness (QED) is 0.905. The van der Waals surface area contributed by atoms with Crippen molar-refractivity contribution in [2.45, 2.75) is 38.3 Å². The summed E-state index contributed by atoms with van der Waals surface area (Å²) in [7, 11) is 0. The van der Waals surface area contributed by atoms with Crippen molar-refractivity contribution in [3.05, 3.63) is 52.9 Å². The number of amides is 1. The zero-order chi connectivity index (χ0) is 15.0. The summed E-state index contributed by atoms with van der Waals surface area (Å²) in [5.41, 5.74) is 8.81. The Morgan fingerprint density at radius 1 is 1.43 bits per heavy atom. The Kier molecular flexibility index (Phi) is 3.51. The summed E-state index contributed by atoms with van der Waals surface area (Å²) in [6.45, 7) is 3.98. The molecule has 0 radical (unpaired) electrons. The van der Waals surface area contributed by atoms with Crippen molar-refractivity contribution >= 4 is 5.91 Å². The van der Waals surface area contributed by atoms with Crippen molar-refractivity contribution < 1.29 is 9.32 Å². The molecule has 2 aromatic rings. The molecule has 3 rings (SSSR count). The van der Waals surface area contributed by atoms with Gasteiger partial charge in [-0.3, -0.25) is 4.79 Å². The Balaban J connectivity index is 1.71. The molecule has 0 saturated carbocycles. The maximum absolute atomic E-state index is 12.2. The number of carbonyl (C=O) groups excluding carboxylic acids is 1. The Bertz CT molecular complexity index is 663. The molecule has 0 spiro atoms. The molecule has 110 valence electrons. The number of nitrogens with one attached hydrogen (secondary N) is 1. The molecule has 0 aliphatic heterocycles. The van der Waals surface area contributed by atoms with Crippen molar-refractivity contribution in [2.24, 2.45) is 5.73 Å². The molecule has 1 aliphatic rings. The summed E-state index contributed by atoms with van der Waals surface area (Å²) in [6, 6.07) is 9.43. The van der Waals surface area contributed by atoms with Crippen LogP contribution in [-0.4, -0.2) is 17.1 Å². The van der Waals surface area contributed by atoms with E-state index < -0.39 is 0 Å². The second kappa shape index (κ2) is 5.33. The fraction of sp³-hybridized carbons (Fsp3) is 0.375. The molecular formula is C16H19N3O2. The molecule has 5 nitrogen and oxygen atoms in total. The molecule has 0 fully saturated rings. The third-order valence-corrected chi connectivity index (χ3v) is 3.93. The van der Waals surface area contributed by atoms with Gasteiger partial charge in [-0.15, -0.1) is 0 Å². The van der Waals surface area contributed by atoms with Crippen LogP contribution in [-0.2, 0) is 6.42 Å². The van der Waals surface area contributed by atoms with Crippen LogP contribution in [0.5, 0.6) is 0 Å². The van der Waals surface area contributed by atoms with Gasteiger partial charge in [0.25, 0.3) is 5.91 Å². The van der Waals surface area contributed by atoms with E-state index in [4.69, 9.17) is 10.3 Å². The first-order chi connectivity index (χ1) is 10.1. The van der Waals surface area contributed by atoms with E-state index >= 15 is 0 Å². The minimum atomic E-state index is -0.237. The van der Waals surface area contributed by atoms with E-state index in [2.05, 4.69) is 10.5 Å². The number of hydrogen-bond acceptors (Lipinski definition) is 4. The van der Waals surface area contributed by atoms with Gasteiger partial charge < -0.3 is 15.6 Å². The summed E-state index contributed by atoms with van der Waals surface area (Å²) in [6.07, 6.45) is 0.748. The maximum Gasteiger partial charge on any atom is 0.273 e. The highest BCUT2D eigenvalue weighted by atomic mass is 16.5. The monoisotopic (exact) mass is 285 g/mol. The zero-order valence-corrected chi connectivity index (χ0v) is 12.2. The average molecular weight is 285 g/mol. The number of carbonyl (C=O) groups is 1. The van der Waals surface area contributed by atoms with Gasteiger partial charge in [0.05, 0.1) is 12.1 Å². The molecule has 1 aliphatic carbocycles. The molecule has 2 atom stereocenters. The van der Waals surface area contributed by atoms with Gasteiger partial charge in [0.15, 0.2) is 5.69 Å². The van der Waals surface area contributed by atoms with Gasteiger partial charge in [-0.1, -0.05) is 43.3 Å². The maximum atomic E-state index is 12.2. The minimum Gasteiger partial charge on any atom is -0.360 e. The summed E-state index contributed by atoms with van der Waals surface area (Å²) < 4.78 is 5.16. The number of rotatable bonds is 3. The number of aromatic nitrogens is 1. The van der Waals surface area contributed by atoms with Gasteiger partial charge >= 0.3 is 0 Å². The molecule has 0 unspecified atom stereocenters. The van der Waals surface area contributed by atoms with E-state index in [1.54, 1.807) is 6.07 Å². The van der Waals surface area contributed by atoms with Crippen LogP contribution in [0.4, 0.5) is 0 Å². The highest BCUT2D eigenvalue weighted by Crippen LogP contribution is 2.29. The molecule has 1 amide bonds. The van der Waals surface area contributed by atoms with Gasteiger partial charge in [-0.25, -0.2) is 0 Å². The smallest absolute Gasteiger partial charge is 0.273 e. The van der Waals surface area contributed by atoms with E-state index in [9.17, 15) is 4.79 Å². The second-order valence-corrected chi connectivity index (χ2v) is 5.78. The lowest BCUT2D eigenvalue weighted by Gasteiger charge is -2.16. The van der Waals surface area contributed by atoms with Crippen LogP contribution in [0.2, 0.25) is 0 Å². The molecule has 0 bridgehead atoms. The van der Waals surface area contributed by atoms with Crippen molar-refractivity contribution in [2.75, 3.05) is 0 Å². The van der Waals surface area contributed by atoms with E-state index in [0.717, 1.165) is 12.0 Å². The van der Waals surface area contributed by atoms with E-state index in [1.165, 1.54) is 5.56 Å². The Morgan fingerprint density at radius 3 is 2.86 bits per heavy atom. The van der Waals surface area contributed by atoms with E-state index in [1.807, 2.05) is 38.1 Å². The number of nitrogens with zero attached hydrogens (tertiary/aromatic N) is 1. The highest BCUT2D eigenvalue weighted by Gasteiger charge is 2.31. The molecule has 3 N–H and O–H groups in total. The first kappa shape index (κ1) is 13.8. The first-order valence-electron chi connectivity index (χ1n) is 7.17. The van der Waals surface area contributed by atoms with Crippen LogP contribution in [0.3, 0.4) is 0 Å². The van der Waals surface area contributed by atoms with Crippen LogP contribution in [0.15, 0.2) is 34.9 Å². The average Bonchev–Trinajstić information content (AvgIpc) is 3.06. The predicted molar refractivity (Wildman–Crippen MR) is 78.9 cm³/mol. The van der Waals surface area contributed by atoms with Crippen molar-refractivity contribution in [3.8, 4) is 0 Å². The van der Waals surface area contributed by atoms with Gasteiger partial charge in [0, 0.05) is 12.0 Å². The molecular weight excluding hydrogens is 266 g/mol. The Labute approximate surface area is 123 Å². The lowest BCUT2D eigenvalue weighted by molar-refractivity contribution is 0.0924. The van der Waals surface area contributed by atoms with Crippen LogP contribution < -0.4 is 11.1 Å². The molecule has 1 aromatic carbocycles. The van der Waals surface area contributed by atoms with Crippen LogP contribution in [0, 0.1) is 0 Å². The lowest BCUT2D eigenvalue weighted by Crippen LogP contribution is -2.40. The van der Waals surface area contributed by atoms with Crippen LogP contribution in [0.25, 0.3) is 0 Å². The summed E-state index contributed by atoms with van der Waals surface area (Å²) in [5, 5.41) is 6.78. The second-order valence-electron chi connectivity index (χ2n) is 5.78. The summed E-state index contributed by atoms with van der Waals surface area (Å²) in [5.74, 6) is 0.676. The third-order valence-electron chi connectivity index (χ3n) is 3.93. The first-order valence-corrected chi connectivity index (χ1v) is 7.17. The number of benzene rings is 1. The SMILES string of the molecule is CC(C)c1cc(C(=O)N[C@H]2Cc3ccccc3[C@@H]2N)no1. The number of nitrogens with two attached hydrogens (primary N) is 1. The fourth-order valence-electron chi connectivity index (χ4n) is 2.68. The molecule has 1 aromatic heterocycles. The van der Waals surface area contributed by atoms with Crippen molar-refractivity contribution in [1.29, 1.82) is 0 Å². The van der Waals surface area contributed by atoms with E-state index in [0.29, 0.717) is 11.5 Å².